The van der Waals surface area contributed by atoms with Crippen molar-refractivity contribution in [1.82, 2.24) is 10.2 Å². The van der Waals surface area contributed by atoms with Crippen LogP contribution < -0.4 is 22.5 Å². The number of carbonyl (C=O) groups is 1. The third-order valence-corrected chi connectivity index (χ3v) is 3.26. The number of hydrogen-bond donors (Lipinski definition) is 1. The topological polar surface area (TPSA) is 41.6 Å². The van der Waals surface area contributed by atoms with Crippen molar-refractivity contribution in [2.24, 2.45) is 0 Å². The van der Waals surface area contributed by atoms with Crippen LogP contribution in [0.1, 0.15) is 23.2 Å². The number of nitrogens with zero attached hydrogens (tertiary/aromatic N) is 1. The van der Waals surface area contributed by atoms with Crippen molar-refractivity contribution in [2.45, 2.75) is 12.8 Å². The first-order valence-electron chi connectivity index (χ1n) is 6.44. The number of likely N-dealkylation sites (tertiary alicyclic amines) is 1. The average molecular weight is 284 g/mol. The van der Waals surface area contributed by atoms with Gasteiger partial charge in [0, 0.05) is 18.7 Å². The molecule has 5 heteroatoms. The second-order valence-electron chi connectivity index (χ2n) is 4.53. The van der Waals surface area contributed by atoms with Gasteiger partial charge in [0.2, 0.25) is 0 Å². The number of nitrogens with one attached hydrogen (secondary N) is 1. The molecule has 0 bridgehead atoms. The van der Waals surface area contributed by atoms with Crippen LogP contribution in [0.2, 0.25) is 0 Å². The molecule has 0 radical (unpaired) electrons. The SMILES string of the molecule is COc1ccc(C(=O)NCCN2CCCC2)cc1.[Cl-]. The van der Waals surface area contributed by atoms with E-state index in [1.165, 1.54) is 25.9 Å². The van der Waals surface area contributed by atoms with Crippen molar-refractivity contribution in [2.75, 3.05) is 33.3 Å². The molecule has 1 aliphatic heterocycles. The fourth-order valence-corrected chi connectivity index (χ4v) is 2.18. The number of ether oxygens (including phenoxy) is 1. The van der Waals surface area contributed by atoms with E-state index in [1.54, 1.807) is 31.4 Å². The van der Waals surface area contributed by atoms with Gasteiger partial charge in [0.05, 0.1) is 7.11 Å². The van der Waals surface area contributed by atoms with Gasteiger partial charge in [-0.15, -0.1) is 0 Å². The fraction of sp³-hybridized carbons (Fsp3) is 0.500. The van der Waals surface area contributed by atoms with Crippen LogP contribution >= 0.6 is 0 Å². The van der Waals surface area contributed by atoms with Crippen LogP contribution in [0.15, 0.2) is 24.3 Å². The zero-order valence-electron chi connectivity index (χ0n) is 11.2. The highest BCUT2D eigenvalue weighted by atomic mass is 35.5. The summed E-state index contributed by atoms with van der Waals surface area (Å²) in [6, 6.07) is 7.17. The molecule has 1 heterocycles. The van der Waals surface area contributed by atoms with Crippen molar-refractivity contribution < 1.29 is 21.9 Å². The third kappa shape index (κ3) is 4.73. The van der Waals surface area contributed by atoms with Crippen molar-refractivity contribution in [3.8, 4) is 5.75 Å². The zero-order valence-corrected chi connectivity index (χ0v) is 11.9. The highest BCUT2D eigenvalue weighted by Crippen LogP contribution is 2.11. The van der Waals surface area contributed by atoms with E-state index in [0.717, 1.165) is 12.3 Å². The standard InChI is InChI=1S/C14H20N2O2.ClH/c1-18-13-6-4-12(5-7-13)14(17)15-8-11-16-9-2-3-10-16;/h4-7H,2-3,8-11H2,1H3,(H,15,17);1H/p-1. The quantitative estimate of drug-likeness (QED) is 0.717. The zero-order chi connectivity index (χ0) is 12.8. The molecule has 0 saturated carbocycles. The summed E-state index contributed by atoms with van der Waals surface area (Å²) in [6.45, 7) is 3.99. The number of rotatable bonds is 5. The van der Waals surface area contributed by atoms with E-state index in [-0.39, 0.29) is 18.3 Å². The van der Waals surface area contributed by atoms with E-state index >= 15 is 0 Å². The lowest BCUT2D eigenvalue weighted by Gasteiger charge is -2.14. The van der Waals surface area contributed by atoms with Gasteiger partial charge >= 0.3 is 0 Å². The van der Waals surface area contributed by atoms with Crippen molar-refractivity contribution in [1.29, 1.82) is 0 Å². The average Bonchev–Trinajstić information content (AvgIpc) is 2.92. The van der Waals surface area contributed by atoms with Crippen LogP contribution in [-0.2, 0) is 0 Å². The second-order valence-corrected chi connectivity index (χ2v) is 4.53. The molecule has 1 saturated heterocycles. The molecule has 1 aromatic rings. The Morgan fingerprint density at radius 3 is 2.47 bits per heavy atom. The van der Waals surface area contributed by atoms with Crippen LogP contribution in [0.25, 0.3) is 0 Å². The van der Waals surface area contributed by atoms with Crippen molar-refractivity contribution in [3.05, 3.63) is 29.8 Å². The molecule has 1 fully saturated rings. The number of amides is 1. The Balaban J connectivity index is 0.00000180. The Labute approximate surface area is 120 Å². The normalized spacial score (nSPS) is 14.8. The molecule has 106 valence electrons. The summed E-state index contributed by atoms with van der Waals surface area (Å²) < 4.78 is 5.06. The Bertz CT molecular complexity index is 389. The van der Waals surface area contributed by atoms with E-state index in [4.69, 9.17) is 4.74 Å². The van der Waals surface area contributed by atoms with Gasteiger partial charge in [0.25, 0.3) is 5.91 Å². The van der Waals surface area contributed by atoms with Crippen LogP contribution in [0, 0.1) is 0 Å². The molecule has 4 nitrogen and oxygen atoms in total. The Hall–Kier alpha value is -1.26. The minimum atomic E-state index is -0.0168. The van der Waals surface area contributed by atoms with E-state index < -0.39 is 0 Å². The third-order valence-electron chi connectivity index (χ3n) is 3.26. The van der Waals surface area contributed by atoms with Gasteiger partial charge in [-0.3, -0.25) is 4.79 Å². The van der Waals surface area contributed by atoms with Crippen LogP contribution in [0.4, 0.5) is 0 Å². The molecule has 1 aliphatic rings. The molecule has 0 unspecified atom stereocenters. The Morgan fingerprint density at radius 2 is 1.89 bits per heavy atom. The first-order chi connectivity index (χ1) is 8.79. The number of benzene rings is 1. The summed E-state index contributed by atoms with van der Waals surface area (Å²) in [5.41, 5.74) is 0.678. The minimum Gasteiger partial charge on any atom is -1.00 e. The molecular formula is C14H20ClN2O2-. The van der Waals surface area contributed by atoms with Crippen LogP contribution in [0.3, 0.4) is 0 Å². The number of halogens is 1. The van der Waals surface area contributed by atoms with Crippen LogP contribution in [0.5, 0.6) is 5.75 Å². The molecule has 0 spiro atoms. The lowest BCUT2D eigenvalue weighted by atomic mass is 10.2. The molecule has 1 amide bonds. The lowest BCUT2D eigenvalue weighted by Crippen LogP contribution is -3.00. The number of methoxy groups -OCH3 is 1. The van der Waals surface area contributed by atoms with Gasteiger partial charge in [-0.05, 0) is 50.2 Å². The first kappa shape index (κ1) is 15.8. The molecule has 0 aliphatic carbocycles. The van der Waals surface area contributed by atoms with Gasteiger partial charge in [-0.2, -0.15) is 0 Å². The summed E-state index contributed by atoms with van der Waals surface area (Å²) in [5, 5.41) is 2.94. The van der Waals surface area contributed by atoms with Gasteiger partial charge in [0.15, 0.2) is 0 Å². The Morgan fingerprint density at radius 1 is 1.26 bits per heavy atom. The molecular weight excluding hydrogens is 264 g/mol. The van der Waals surface area contributed by atoms with Gasteiger partial charge in [0.1, 0.15) is 5.75 Å². The Kier molecular flexibility index (Phi) is 6.67. The minimum absolute atomic E-state index is 0. The molecule has 2 rings (SSSR count). The summed E-state index contributed by atoms with van der Waals surface area (Å²) in [5.74, 6) is 0.750. The van der Waals surface area contributed by atoms with Gasteiger partial charge in [-0.1, -0.05) is 0 Å². The van der Waals surface area contributed by atoms with E-state index in [9.17, 15) is 4.79 Å². The van der Waals surface area contributed by atoms with Gasteiger partial charge < -0.3 is 27.4 Å². The van der Waals surface area contributed by atoms with E-state index in [2.05, 4.69) is 10.2 Å². The predicted octanol–water partition coefficient (Wildman–Crippen LogP) is -1.48. The number of carbonyl (C=O) groups excluding carboxylic acids is 1. The highest BCUT2D eigenvalue weighted by Gasteiger charge is 2.11. The molecule has 0 aromatic heterocycles. The van der Waals surface area contributed by atoms with E-state index in [1.807, 2.05) is 0 Å². The highest BCUT2D eigenvalue weighted by molar-refractivity contribution is 5.94. The summed E-state index contributed by atoms with van der Waals surface area (Å²) >= 11 is 0. The fourth-order valence-electron chi connectivity index (χ4n) is 2.18. The molecule has 19 heavy (non-hydrogen) atoms. The lowest BCUT2D eigenvalue weighted by molar-refractivity contribution is -0.0000125. The van der Waals surface area contributed by atoms with Crippen molar-refractivity contribution in [3.63, 3.8) is 0 Å². The maximum Gasteiger partial charge on any atom is 0.251 e. The molecule has 1 N–H and O–H groups in total. The second kappa shape index (κ2) is 8.02. The smallest absolute Gasteiger partial charge is 0.251 e. The summed E-state index contributed by atoms with van der Waals surface area (Å²) in [4.78, 5) is 14.2. The van der Waals surface area contributed by atoms with E-state index in [0.29, 0.717) is 12.1 Å². The largest absolute Gasteiger partial charge is 1.00 e. The maximum atomic E-state index is 11.8. The first-order valence-corrected chi connectivity index (χ1v) is 6.44. The molecule has 1 aromatic carbocycles. The maximum absolute atomic E-state index is 11.8. The summed E-state index contributed by atoms with van der Waals surface area (Å²) in [6.07, 6.45) is 2.57. The monoisotopic (exact) mass is 283 g/mol. The predicted molar refractivity (Wildman–Crippen MR) is 71.0 cm³/mol. The number of hydrogen-bond acceptors (Lipinski definition) is 3. The molecule has 0 atom stereocenters. The van der Waals surface area contributed by atoms with Crippen LogP contribution in [-0.4, -0.2) is 44.1 Å². The summed E-state index contributed by atoms with van der Waals surface area (Å²) in [7, 11) is 1.62. The van der Waals surface area contributed by atoms with Crippen molar-refractivity contribution >= 4 is 5.91 Å². The van der Waals surface area contributed by atoms with Gasteiger partial charge in [-0.25, -0.2) is 0 Å².